The highest BCUT2D eigenvalue weighted by Crippen LogP contribution is 2.24. The molecule has 102 valence electrons. The topological polar surface area (TPSA) is 12.4 Å². The molecule has 0 atom stereocenters. The first-order valence-electron chi connectivity index (χ1n) is 6.93. The summed E-state index contributed by atoms with van der Waals surface area (Å²) in [6.45, 7) is 8.39. The molecule has 2 aromatic carbocycles. The molecule has 0 bridgehead atoms. The Kier molecular flexibility index (Phi) is 4.52. The molecule has 20 heavy (non-hydrogen) atoms. The van der Waals surface area contributed by atoms with E-state index >= 15 is 0 Å². The van der Waals surface area contributed by atoms with Crippen LogP contribution in [0.25, 0.3) is 6.08 Å². The summed E-state index contributed by atoms with van der Waals surface area (Å²) in [4.78, 5) is 4.80. The second-order valence-electron chi connectivity index (χ2n) is 5.18. The number of hydrogen-bond acceptors (Lipinski definition) is 1. The fourth-order valence-electron chi connectivity index (χ4n) is 2.14. The van der Waals surface area contributed by atoms with Crippen LogP contribution in [0.15, 0.2) is 59.1 Å². The Morgan fingerprint density at radius 3 is 2.05 bits per heavy atom. The Morgan fingerprint density at radius 1 is 0.850 bits per heavy atom. The molecule has 1 nitrogen and oxygen atoms in total. The van der Waals surface area contributed by atoms with Crippen molar-refractivity contribution in [1.82, 2.24) is 0 Å². The van der Waals surface area contributed by atoms with Gasteiger partial charge in [0.1, 0.15) is 0 Å². The first-order valence-corrected chi connectivity index (χ1v) is 6.93. The van der Waals surface area contributed by atoms with Gasteiger partial charge in [-0.25, -0.2) is 0 Å². The zero-order chi connectivity index (χ0) is 14.5. The van der Waals surface area contributed by atoms with Crippen molar-refractivity contribution >= 4 is 17.5 Å². The van der Waals surface area contributed by atoms with E-state index in [9.17, 15) is 0 Å². The Bertz CT molecular complexity index is 628. The van der Waals surface area contributed by atoms with Gasteiger partial charge in [0.2, 0.25) is 0 Å². The lowest BCUT2D eigenvalue weighted by molar-refractivity contribution is 1.32. The average Bonchev–Trinajstić information content (AvgIpc) is 2.44. The highest BCUT2D eigenvalue weighted by Gasteiger charge is 2.02. The van der Waals surface area contributed by atoms with Crippen molar-refractivity contribution in [2.45, 2.75) is 27.7 Å². The Morgan fingerprint density at radius 2 is 1.45 bits per heavy atom. The van der Waals surface area contributed by atoms with Crippen LogP contribution < -0.4 is 0 Å². The van der Waals surface area contributed by atoms with E-state index in [1.165, 1.54) is 22.3 Å². The highest BCUT2D eigenvalue weighted by molar-refractivity contribution is 6.03. The zero-order valence-corrected chi connectivity index (χ0v) is 12.6. The van der Waals surface area contributed by atoms with Crippen LogP contribution in [0, 0.1) is 13.8 Å². The molecule has 0 spiro atoms. The van der Waals surface area contributed by atoms with Crippen molar-refractivity contribution in [3.8, 4) is 0 Å². The van der Waals surface area contributed by atoms with Gasteiger partial charge in [-0.3, -0.25) is 4.99 Å². The second kappa shape index (κ2) is 6.33. The summed E-state index contributed by atoms with van der Waals surface area (Å²) in [5.74, 6) is 0. The van der Waals surface area contributed by atoms with Crippen molar-refractivity contribution in [2.75, 3.05) is 0 Å². The van der Waals surface area contributed by atoms with Crippen LogP contribution >= 0.6 is 0 Å². The largest absolute Gasteiger partial charge is 0.253 e. The van der Waals surface area contributed by atoms with Gasteiger partial charge in [0.25, 0.3) is 0 Å². The third kappa shape index (κ3) is 3.45. The number of allylic oxidation sites excluding steroid dienone is 1. The number of benzene rings is 2. The van der Waals surface area contributed by atoms with Crippen LogP contribution in [-0.2, 0) is 0 Å². The lowest BCUT2D eigenvalue weighted by atomic mass is 10.1. The van der Waals surface area contributed by atoms with Gasteiger partial charge in [0, 0.05) is 5.71 Å². The molecule has 0 saturated carbocycles. The third-order valence-corrected chi connectivity index (χ3v) is 3.47. The fraction of sp³-hybridized carbons (Fsp3) is 0.211. The summed E-state index contributed by atoms with van der Waals surface area (Å²) in [7, 11) is 0. The smallest absolute Gasteiger partial charge is 0.0691 e. The molecule has 0 N–H and O–H groups in total. The van der Waals surface area contributed by atoms with Crippen molar-refractivity contribution < 1.29 is 0 Å². The van der Waals surface area contributed by atoms with Gasteiger partial charge < -0.3 is 0 Å². The maximum atomic E-state index is 4.80. The van der Waals surface area contributed by atoms with Crippen LogP contribution in [0.2, 0.25) is 0 Å². The molecule has 2 rings (SSSR count). The molecule has 0 fully saturated rings. The minimum absolute atomic E-state index is 1.06. The van der Waals surface area contributed by atoms with Crippen LogP contribution in [0.1, 0.15) is 30.5 Å². The van der Waals surface area contributed by atoms with Crippen molar-refractivity contribution in [1.29, 1.82) is 0 Å². The van der Waals surface area contributed by atoms with Gasteiger partial charge >= 0.3 is 0 Å². The molecule has 0 aliphatic carbocycles. The number of aliphatic imine (C=N–C) groups is 1. The predicted octanol–water partition coefficient (Wildman–Crippen LogP) is 5.50. The van der Waals surface area contributed by atoms with E-state index in [0.29, 0.717) is 0 Å². The maximum Gasteiger partial charge on any atom is 0.0691 e. The Hall–Kier alpha value is -2.15. The van der Waals surface area contributed by atoms with E-state index in [-0.39, 0.29) is 0 Å². The highest BCUT2D eigenvalue weighted by atomic mass is 14.8. The maximum absolute atomic E-state index is 4.80. The number of nitrogens with zero attached hydrogens (tertiary/aromatic N) is 1. The second-order valence-corrected chi connectivity index (χ2v) is 5.18. The molecular formula is C19H21N. The minimum atomic E-state index is 1.06. The van der Waals surface area contributed by atoms with Crippen LogP contribution in [0.5, 0.6) is 0 Å². The van der Waals surface area contributed by atoms with Gasteiger partial charge in [-0.15, -0.1) is 0 Å². The average molecular weight is 263 g/mol. The summed E-state index contributed by atoms with van der Waals surface area (Å²) < 4.78 is 0. The van der Waals surface area contributed by atoms with Crippen molar-refractivity contribution in [3.05, 3.63) is 70.8 Å². The zero-order valence-electron chi connectivity index (χ0n) is 12.6. The van der Waals surface area contributed by atoms with E-state index < -0.39 is 0 Å². The summed E-state index contributed by atoms with van der Waals surface area (Å²) in [5, 5.41) is 0. The van der Waals surface area contributed by atoms with Gasteiger partial charge in [0.05, 0.1) is 5.69 Å². The molecule has 0 saturated heterocycles. The quantitative estimate of drug-likeness (QED) is 0.648. The minimum Gasteiger partial charge on any atom is -0.253 e. The molecule has 0 aliphatic rings. The predicted molar refractivity (Wildman–Crippen MR) is 88.8 cm³/mol. The van der Waals surface area contributed by atoms with Crippen molar-refractivity contribution in [2.24, 2.45) is 4.99 Å². The lowest BCUT2D eigenvalue weighted by Gasteiger charge is -2.07. The lowest BCUT2D eigenvalue weighted by Crippen LogP contribution is -1.94. The van der Waals surface area contributed by atoms with E-state index in [1.807, 2.05) is 6.07 Å². The first-order chi connectivity index (χ1) is 9.58. The number of para-hydroxylation sites is 1. The fourth-order valence-corrected chi connectivity index (χ4v) is 2.14. The van der Waals surface area contributed by atoms with Gasteiger partial charge in [-0.2, -0.15) is 0 Å². The SMILES string of the molecule is CC(=Nc1c(C)cccc1C)/C(C)=C\c1ccccc1. The number of rotatable bonds is 3. The van der Waals surface area contributed by atoms with Crippen LogP contribution in [0.4, 0.5) is 5.69 Å². The molecule has 0 aromatic heterocycles. The number of aryl methyl sites for hydroxylation is 2. The normalized spacial score (nSPS) is 12.6. The van der Waals surface area contributed by atoms with Gasteiger partial charge in [-0.05, 0) is 50.0 Å². The summed E-state index contributed by atoms with van der Waals surface area (Å²) >= 11 is 0. The van der Waals surface area contributed by atoms with E-state index in [4.69, 9.17) is 4.99 Å². The van der Waals surface area contributed by atoms with E-state index in [0.717, 1.165) is 11.4 Å². The van der Waals surface area contributed by atoms with Gasteiger partial charge in [0.15, 0.2) is 0 Å². The van der Waals surface area contributed by atoms with E-state index in [1.54, 1.807) is 0 Å². The van der Waals surface area contributed by atoms with Gasteiger partial charge in [-0.1, -0.05) is 54.6 Å². The Labute approximate surface area is 121 Å². The van der Waals surface area contributed by atoms with Crippen LogP contribution in [-0.4, -0.2) is 5.71 Å². The molecule has 0 heterocycles. The molecule has 0 amide bonds. The van der Waals surface area contributed by atoms with Crippen LogP contribution in [0.3, 0.4) is 0 Å². The first kappa shape index (κ1) is 14.3. The summed E-state index contributed by atoms with van der Waals surface area (Å²) in [6, 6.07) is 16.6. The molecule has 0 unspecified atom stereocenters. The third-order valence-electron chi connectivity index (χ3n) is 3.47. The molecular weight excluding hydrogens is 242 g/mol. The molecule has 0 aliphatic heterocycles. The molecule has 2 aromatic rings. The monoisotopic (exact) mass is 263 g/mol. The summed E-state index contributed by atoms with van der Waals surface area (Å²) in [5.41, 5.74) is 6.99. The number of hydrogen-bond donors (Lipinski definition) is 0. The summed E-state index contributed by atoms with van der Waals surface area (Å²) in [6.07, 6.45) is 2.17. The van der Waals surface area contributed by atoms with Crippen molar-refractivity contribution in [3.63, 3.8) is 0 Å². The van der Waals surface area contributed by atoms with E-state index in [2.05, 4.69) is 76.2 Å². The Balaban J connectivity index is 2.33. The molecule has 0 radical (unpaired) electrons. The molecule has 1 heteroatoms. The standard InChI is InChI=1S/C19H21N/c1-14-9-8-10-15(2)19(14)20-17(4)16(3)13-18-11-6-5-7-12-18/h5-13H,1-4H3/b16-13-,20-17?.